The fourth-order valence-electron chi connectivity index (χ4n) is 2.72. The number of benzene rings is 2. The minimum atomic E-state index is -1.01. The molecule has 1 aliphatic heterocycles. The maximum atomic E-state index is 12.6. The van der Waals surface area contributed by atoms with Crippen LogP contribution in [0, 0.1) is 5.92 Å². The molecule has 128 valence electrons. The zero-order valence-corrected chi connectivity index (χ0v) is 15.2. The number of nitrogens with zero attached hydrogens (tertiary/aromatic N) is 1. The van der Waals surface area contributed by atoms with E-state index in [9.17, 15) is 9.59 Å². The lowest BCUT2D eigenvalue weighted by Gasteiger charge is -2.28. The van der Waals surface area contributed by atoms with Gasteiger partial charge in [-0.1, -0.05) is 58.4 Å². The van der Waals surface area contributed by atoms with E-state index in [0.29, 0.717) is 5.84 Å². The minimum absolute atomic E-state index is 0.213. The maximum Gasteiger partial charge on any atom is 0.321 e. The predicted octanol–water partition coefficient (Wildman–Crippen LogP) is 3.25. The van der Waals surface area contributed by atoms with Gasteiger partial charge in [0.1, 0.15) is 5.84 Å². The first-order chi connectivity index (χ1) is 12.1. The van der Waals surface area contributed by atoms with Crippen LogP contribution in [0.5, 0.6) is 0 Å². The molecule has 0 bridgehead atoms. The van der Waals surface area contributed by atoms with E-state index >= 15 is 0 Å². The van der Waals surface area contributed by atoms with Crippen LogP contribution >= 0.6 is 15.9 Å². The van der Waals surface area contributed by atoms with Gasteiger partial charge >= 0.3 is 5.97 Å². The fourth-order valence-corrected chi connectivity index (χ4v) is 2.99. The molecule has 0 aliphatic carbocycles. The van der Waals surface area contributed by atoms with Crippen LogP contribution in [0.15, 0.2) is 64.1 Å². The van der Waals surface area contributed by atoms with Gasteiger partial charge in [0.25, 0.3) is 0 Å². The third-order valence-corrected chi connectivity index (χ3v) is 4.44. The molecular weight excluding hydrogens is 384 g/mol. The molecule has 25 heavy (non-hydrogen) atoms. The highest BCUT2D eigenvalue weighted by Gasteiger charge is 2.41. The second-order valence-electron chi connectivity index (χ2n) is 5.56. The first kappa shape index (κ1) is 17.4. The van der Waals surface area contributed by atoms with Gasteiger partial charge in [-0.3, -0.25) is 14.6 Å². The summed E-state index contributed by atoms with van der Waals surface area (Å²) in [5, 5.41) is 2.73. The topological polar surface area (TPSA) is 67.8 Å². The molecule has 3 rings (SSSR count). The second-order valence-corrected chi connectivity index (χ2v) is 6.47. The van der Waals surface area contributed by atoms with Crippen molar-refractivity contribution >= 4 is 33.6 Å². The van der Waals surface area contributed by atoms with Gasteiger partial charge in [0.15, 0.2) is 5.92 Å². The Balaban J connectivity index is 2.05. The number of esters is 1. The van der Waals surface area contributed by atoms with Gasteiger partial charge in [-0.25, -0.2) is 0 Å². The van der Waals surface area contributed by atoms with Gasteiger partial charge in [0, 0.05) is 10.0 Å². The summed E-state index contributed by atoms with van der Waals surface area (Å²) >= 11 is 3.39. The summed E-state index contributed by atoms with van der Waals surface area (Å²) in [5.74, 6) is -1.52. The summed E-state index contributed by atoms with van der Waals surface area (Å²) in [6.07, 6.45) is 0. The molecule has 0 fully saturated rings. The van der Waals surface area contributed by atoms with Crippen LogP contribution in [0.2, 0.25) is 0 Å². The Bertz CT molecular complexity index is 803. The Morgan fingerprint density at radius 3 is 2.48 bits per heavy atom. The van der Waals surface area contributed by atoms with Crippen LogP contribution in [-0.4, -0.2) is 24.3 Å². The highest BCUT2D eigenvalue weighted by Crippen LogP contribution is 2.32. The second kappa shape index (κ2) is 7.61. The summed E-state index contributed by atoms with van der Waals surface area (Å²) in [6.45, 7) is 1.93. The Morgan fingerprint density at radius 2 is 1.84 bits per heavy atom. The monoisotopic (exact) mass is 400 g/mol. The third kappa shape index (κ3) is 3.79. The largest absolute Gasteiger partial charge is 0.465 e. The van der Waals surface area contributed by atoms with Crippen molar-refractivity contribution in [2.75, 3.05) is 6.61 Å². The molecule has 0 saturated heterocycles. The van der Waals surface area contributed by atoms with E-state index in [1.807, 2.05) is 54.6 Å². The molecular formula is C19H17BrN2O3. The van der Waals surface area contributed by atoms with E-state index in [1.54, 1.807) is 6.92 Å². The Kier molecular flexibility index (Phi) is 5.28. The van der Waals surface area contributed by atoms with Gasteiger partial charge in [-0.2, -0.15) is 0 Å². The van der Waals surface area contributed by atoms with Crippen LogP contribution in [0.4, 0.5) is 0 Å². The molecule has 2 aromatic carbocycles. The fraction of sp³-hybridized carbons (Fsp3) is 0.211. The predicted molar refractivity (Wildman–Crippen MR) is 98.1 cm³/mol. The van der Waals surface area contributed by atoms with E-state index in [4.69, 9.17) is 4.74 Å². The smallest absolute Gasteiger partial charge is 0.321 e. The van der Waals surface area contributed by atoms with Crippen molar-refractivity contribution in [2.45, 2.75) is 13.0 Å². The van der Waals surface area contributed by atoms with Gasteiger partial charge in [-0.15, -0.1) is 0 Å². The normalized spacial score (nSPS) is 19.8. The molecule has 1 aliphatic rings. The molecule has 6 heteroatoms. The number of ether oxygens (including phenoxy) is 1. The van der Waals surface area contributed by atoms with Gasteiger partial charge in [0.05, 0.1) is 12.6 Å². The molecule has 0 aromatic heterocycles. The lowest BCUT2D eigenvalue weighted by atomic mass is 9.90. The lowest BCUT2D eigenvalue weighted by Crippen LogP contribution is -2.47. The molecule has 0 saturated carbocycles. The summed E-state index contributed by atoms with van der Waals surface area (Å²) < 4.78 is 6.00. The van der Waals surface area contributed by atoms with E-state index in [1.165, 1.54) is 0 Å². The number of hydrogen-bond donors (Lipinski definition) is 1. The number of aliphatic imine (C=N–C) groups is 1. The maximum absolute atomic E-state index is 12.6. The first-order valence-corrected chi connectivity index (χ1v) is 8.75. The number of carbonyl (C=O) groups excluding carboxylic acids is 2. The SMILES string of the molecule is CCOC(=O)[C@H]1C(=O)NC(c2ccccc2)=N[C@H]1c1ccc(Br)cc1. The zero-order chi connectivity index (χ0) is 17.8. The third-order valence-electron chi connectivity index (χ3n) is 3.91. The van der Waals surface area contributed by atoms with Crippen molar-refractivity contribution in [2.24, 2.45) is 10.9 Å². The molecule has 1 amide bonds. The molecule has 1 heterocycles. The standard InChI is InChI=1S/C19H17BrN2O3/c1-2-25-19(24)15-16(12-8-10-14(20)11-9-12)21-17(22-18(15)23)13-6-4-3-5-7-13/h3-11,15-16H,2H2,1H3,(H,21,22,23)/t15-,16+/m1/s1. The Labute approximate surface area is 154 Å². The van der Waals surface area contributed by atoms with Crippen LogP contribution < -0.4 is 5.32 Å². The van der Waals surface area contributed by atoms with Crippen LogP contribution in [-0.2, 0) is 14.3 Å². The Hall–Kier alpha value is -2.47. The van der Waals surface area contributed by atoms with Gasteiger partial charge < -0.3 is 10.1 Å². The number of halogens is 1. The van der Waals surface area contributed by atoms with Gasteiger partial charge in [-0.05, 0) is 24.6 Å². The summed E-state index contributed by atoms with van der Waals surface area (Å²) in [6, 6.07) is 16.2. The average molecular weight is 401 g/mol. The van der Waals surface area contributed by atoms with Crippen molar-refractivity contribution in [3.63, 3.8) is 0 Å². The number of hydrogen-bond acceptors (Lipinski definition) is 4. The van der Waals surface area contributed by atoms with E-state index in [-0.39, 0.29) is 6.61 Å². The number of carbonyl (C=O) groups is 2. The van der Waals surface area contributed by atoms with Crippen molar-refractivity contribution < 1.29 is 14.3 Å². The van der Waals surface area contributed by atoms with Crippen LogP contribution in [0.3, 0.4) is 0 Å². The molecule has 1 N–H and O–H groups in total. The number of rotatable bonds is 4. The summed E-state index contributed by atoms with van der Waals surface area (Å²) in [7, 11) is 0. The van der Waals surface area contributed by atoms with E-state index in [0.717, 1.165) is 15.6 Å². The molecule has 2 aromatic rings. The van der Waals surface area contributed by atoms with Crippen LogP contribution in [0.25, 0.3) is 0 Å². The molecule has 2 atom stereocenters. The highest BCUT2D eigenvalue weighted by molar-refractivity contribution is 9.10. The Morgan fingerprint density at radius 1 is 1.16 bits per heavy atom. The first-order valence-electron chi connectivity index (χ1n) is 7.96. The van der Waals surface area contributed by atoms with Crippen molar-refractivity contribution in [1.29, 1.82) is 0 Å². The van der Waals surface area contributed by atoms with Crippen molar-refractivity contribution in [3.05, 3.63) is 70.2 Å². The lowest BCUT2D eigenvalue weighted by molar-refractivity contribution is -0.153. The summed E-state index contributed by atoms with van der Waals surface area (Å²) in [4.78, 5) is 29.6. The summed E-state index contributed by atoms with van der Waals surface area (Å²) in [5.41, 5.74) is 1.57. The van der Waals surface area contributed by atoms with Crippen molar-refractivity contribution in [1.82, 2.24) is 5.32 Å². The van der Waals surface area contributed by atoms with E-state index in [2.05, 4.69) is 26.2 Å². The number of nitrogens with one attached hydrogen (secondary N) is 1. The van der Waals surface area contributed by atoms with Crippen molar-refractivity contribution in [3.8, 4) is 0 Å². The molecule has 0 unspecified atom stereocenters. The minimum Gasteiger partial charge on any atom is -0.465 e. The zero-order valence-electron chi connectivity index (χ0n) is 13.6. The quantitative estimate of drug-likeness (QED) is 0.632. The molecule has 5 nitrogen and oxygen atoms in total. The highest BCUT2D eigenvalue weighted by atomic mass is 79.9. The number of amides is 1. The molecule has 0 radical (unpaired) electrons. The van der Waals surface area contributed by atoms with Gasteiger partial charge in [0.2, 0.25) is 5.91 Å². The van der Waals surface area contributed by atoms with E-state index < -0.39 is 23.8 Å². The molecule has 0 spiro atoms. The number of amidine groups is 1. The average Bonchev–Trinajstić information content (AvgIpc) is 2.62. The van der Waals surface area contributed by atoms with Crippen LogP contribution in [0.1, 0.15) is 24.1 Å².